The number of carbonyl (C=O) groups is 1. The number of rotatable bonds is 6. The number of ether oxygens (including phenoxy) is 1. The first-order valence-corrected chi connectivity index (χ1v) is 9.24. The monoisotopic (exact) mass is 353 g/mol. The fourth-order valence-corrected chi connectivity index (χ4v) is 3.14. The summed E-state index contributed by atoms with van der Waals surface area (Å²) in [6.45, 7) is 5.95. The lowest BCUT2D eigenvalue weighted by Gasteiger charge is -2.33. The summed E-state index contributed by atoms with van der Waals surface area (Å²) >= 11 is 0. The molecule has 0 aromatic heterocycles. The Morgan fingerprint density at radius 3 is 2.77 bits per heavy atom. The van der Waals surface area contributed by atoms with Gasteiger partial charge in [0.1, 0.15) is 0 Å². The number of anilines is 1. The zero-order chi connectivity index (χ0) is 18.2. The quantitative estimate of drug-likeness (QED) is 0.838. The van der Waals surface area contributed by atoms with E-state index in [2.05, 4.69) is 52.8 Å². The summed E-state index contributed by atoms with van der Waals surface area (Å²) in [4.78, 5) is 14.5. The molecule has 0 bridgehead atoms. The molecule has 1 aliphatic heterocycles. The number of benzene rings is 2. The van der Waals surface area contributed by atoms with Crippen LogP contribution >= 0.6 is 0 Å². The summed E-state index contributed by atoms with van der Waals surface area (Å²) in [5.74, 6) is 0. The van der Waals surface area contributed by atoms with Crippen LogP contribution in [0.5, 0.6) is 0 Å². The summed E-state index contributed by atoms with van der Waals surface area (Å²) in [6, 6.07) is 18.2. The van der Waals surface area contributed by atoms with Gasteiger partial charge in [0.15, 0.2) is 0 Å². The van der Waals surface area contributed by atoms with E-state index in [4.69, 9.17) is 4.74 Å². The number of amides is 2. The maximum Gasteiger partial charge on any atom is 0.319 e. The molecule has 0 saturated carbocycles. The third kappa shape index (κ3) is 5.58. The Balaban J connectivity index is 1.44. The van der Waals surface area contributed by atoms with Crippen LogP contribution in [0, 0.1) is 0 Å². The van der Waals surface area contributed by atoms with E-state index in [0.717, 1.165) is 31.7 Å². The third-order valence-corrected chi connectivity index (χ3v) is 4.56. The number of urea groups is 1. The van der Waals surface area contributed by atoms with Crippen molar-refractivity contribution in [2.45, 2.75) is 26.0 Å². The highest BCUT2D eigenvalue weighted by atomic mass is 16.5. The summed E-state index contributed by atoms with van der Waals surface area (Å²) in [5, 5.41) is 5.81. The molecule has 26 heavy (non-hydrogen) atoms. The fraction of sp³-hybridized carbons (Fsp3) is 0.381. The summed E-state index contributed by atoms with van der Waals surface area (Å²) in [5.41, 5.74) is 3.32. The second-order valence-corrected chi connectivity index (χ2v) is 6.60. The van der Waals surface area contributed by atoms with E-state index in [1.54, 1.807) is 0 Å². The van der Waals surface area contributed by atoms with Gasteiger partial charge < -0.3 is 15.4 Å². The van der Waals surface area contributed by atoms with Gasteiger partial charge in [0.25, 0.3) is 0 Å². The Kier molecular flexibility index (Phi) is 6.63. The van der Waals surface area contributed by atoms with Crippen LogP contribution in [0.15, 0.2) is 54.6 Å². The topological polar surface area (TPSA) is 53.6 Å². The van der Waals surface area contributed by atoms with Crippen LogP contribution in [0.4, 0.5) is 10.5 Å². The Morgan fingerprint density at radius 2 is 1.96 bits per heavy atom. The molecule has 138 valence electrons. The molecule has 0 spiro atoms. The second kappa shape index (κ2) is 9.36. The van der Waals surface area contributed by atoms with Gasteiger partial charge in [-0.25, -0.2) is 4.79 Å². The van der Waals surface area contributed by atoms with Crippen LogP contribution < -0.4 is 10.6 Å². The first-order chi connectivity index (χ1) is 12.7. The highest BCUT2D eigenvalue weighted by molar-refractivity contribution is 5.89. The van der Waals surface area contributed by atoms with Crippen molar-refractivity contribution in [2.24, 2.45) is 0 Å². The highest BCUT2D eigenvalue weighted by Gasteiger charge is 2.21. The van der Waals surface area contributed by atoms with Crippen molar-refractivity contribution in [3.05, 3.63) is 65.7 Å². The largest absolute Gasteiger partial charge is 0.374 e. The minimum absolute atomic E-state index is 0.0141. The van der Waals surface area contributed by atoms with Crippen molar-refractivity contribution in [2.75, 3.05) is 31.6 Å². The Hall–Kier alpha value is -2.37. The fourth-order valence-electron chi connectivity index (χ4n) is 3.14. The molecule has 1 saturated heterocycles. The number of nitrogens with zero attached hydrogens (tertiary/aromatic N) is 1. The summed E-state index contributed by atoms with van der Waals surface area (Å²) in [6.07, 6.45) is 0.963. The van der Waals surface area contributed by atoms with E-state index in [1.165, 1.54) is 11.1 Å². The van der Waals surface area contributed by atoms with Crippen molar-refractivity contribution < 1.29 is 9.53 Å². The number of aryl methyl sites for hydroxylation is 1. The lowest BCUT2D eigenvalue weighted by Crippen LogP contribution is -2.47. The van der Waals surface area contributed by atoms with Crippen molar-refractivity contribution in [1.82, 2.24) is 10.2 Å². The van der Waals surface area contributed by atoms with Crippen LogP contribution in [-0.2, 0) is 17.7 Å². The van der Waals surface area contributed by atoms with Crippen LogP contribution in [0.1, 0.15) is 18.1 Å². The van der Waals surface area contributed by atoms with Crippen molar-refractivity contribution in [3.63, 3.8) is 0 Å². The van der Waals surface area contributed by atoms with Gasteiger partial charge in [-0.2, -0.15) is 0 Å². The SMILES string of the molecule is CCc1cccc(NC(=O)NCC2CN(Cc3ccccc3)CCO2)c1. The molecule has 5 nitrogen and oxygen atoms in total. The lowest BCUT2D eigenvalue weighted by atomic mass is 10.1. The molecule has 3 rings (SSSR count). The van der Waals surface area contributed by atoms with Gasteiger partial charge in [-0.15, -0.1) is 0 Å². The maximum atomic E-state index is 12.1. The molecular formula is C21H27N3O2. The molecular weight excluding hydrogens is 326 g/mol. The Morgan fingerprint density at radius 1 is 1.15 bits per heavy atom. The van der Waals surface area contributed by atoms with Crippen LogP contribution in [0.3, 0.4) is 0 Å². The number of nitrogens with one attached hydrogen (secondary N) is 2. The molecule has 2 aromatic rings. The molecule has 2 aromatic carbocycles. The first-order valence-electron chi connectivity index (χ1n) is 9.24. The van der Waals surface area contributed by atoms with Crippen molar-refractivity contribution in [1.29, 1.82) is 0 Å². The predicted molar refractivity (Wildman–Crippen MR) is 104 cm³/mol. The third-order valence-electron chi connectivity index (χ3n) is 4.56. The zero-order valence-corrected chi connectivity index (χ0v) is 15.3. The molecule has 1 heterocycles. The second-order valence-electron chi connectivity index (χ2n) is 6.60. The van der Waals surface area contributed by atoms with Crippen molar-refractivity contribution in [3.8, 4) is 0 Å². The summed E-state index contributed by atoms with van der Waals surface area (Å²) in [7, 11) is 0. The van der Waals surface area contributed by atoms with Crippen molar-refractivity contribution >= 4 is 11.7 Å². The van der Waals surface area contributed by atoms with Gasteiger partial charge in [0.05, 0.1) is 12.7 Å². The number of hydrogen-bond donors (Lipinski definition) is 2. The van der Waals surface area contributed by atoms with E-state index in [-0.39, 0.29) is 12.1 Å². The molecule has 1 unspecified atom stereocenters. The first kappa shape index (κ1) is 18.4. The van der Waals surface area contributed by atoms with Gasteiger partial charge in [0, 0.05) is 31.9 Å². The lowest BCUT2D eigenvalue weighted by molar-refractivity contribution is -0.0285. The summed E-state index contributed by atoms with van der Waals surface area (Å²) < 4.78 is 5.80. The normalized spacial score (nSPS) is 17.7. The number of hydrogen-bond acceptors (Lipinski definition) is 3. The molecule has 0 radical (unpaired) electrons. The van der Waals surface area contributed by atoms with E-state index in [0.29, 0.717) is 13.2 Å². The van der Waals surface area contributed by atoms with Crippen LogP contribution in [-0.4, -0.2) is 43.3 Å². The van der Waals surface area contributed by atoms with Gasteiger partial charge in [-0.1, -0.05) is 49.4 Å². The van der Waals surface area contributed by atoms with E-state index >= 15 is 0 Å². The smallest absolute Gasteiger partial charge is 0.319 e. The molecule has 1 fully saturated rings. The minimum atomic E-state index is -0.193. The molecule has 0 aliphatic carbocycles. The molecule has 2 N–H and O–H groups in total. The van der Waals surface area contributed by atoms with Gasteiger partial charge >= 0.3 is 6.03 Å². The number of carbonyl (C=O) groups excluding carboxylic acids is 1. The average molecular weight is 353 g/mol. The Bertz CT molecular complexity index is 705. The predicted octanol–water partition coefficient (Wildman–Crippen LogP) is 3.27. The van der Waals surface area contributed by atoms with Gasteiger partial charge in [-0.05, 0) is 29.7 Å². The zero-order valence-electron chi connectivity index (χ0n) is 15.3. The average Bonchev–Trinajstić information content (AvgIpc) is 2.68. The highest BCUT2D eigenvalue weighted by Crippen LogP contribution is 2.12. The van der Waals surface area contributed by atoms with Gasteiger partial charge in [-0.3, -0.25) is 4.90 Å². The maximum absolute atomic E-state index is 12.1. The van der Waals surface area contributed by atoms with E-state index in [9.17, 15) is 4.79 Å². The minimum Gasteiger partial charge on any atom is -0.374 e. The Labute approximate surface area is 155 Å². The standard InChI is InChI=1S/C21H27N3O2/c1-2-17-9-6-10-19(13-17)23-21(25)22-14-20-16-24(11-12-26-20)15-18-7-4-3-5-8-18/h3-10,13,20H,2,11-12,14-16H2,1H3,(H2,22,23,25). The van der Waals surface area contributed by atoms with Gasteiger partial charge in [0.2, 0.25) is 0 Å². The number of morpholine rings is 1. The molecule has 5 heteroatoms. The molecule has 2 amide bonds. The molecule has 1 atom stereocenters. The van der Waals surface area contributed by atoms with E-state index in [1.807, 2.05) is 24.3 Å². The van der Waals surface area contributed by atoms with Crippen LogP contribution in [0.25, 0.3) is 0 Å². The van der Waals surface area contributed by atoms with Crippen LogP contribution in [0.2, 0.25) is 0 Å². The molecule has 1 aliphatic rings. The van der Waals surface area contributed by atoms with E-state index < -0.39 is 0 Å².